The molecule has 0 aliphatic heterocycles. The number of carbonyl (C=O) groups is 1. The third-order valence-electron chi connectivity index (χ3n) is 2.38. The molecule has 1 N–H and O–H groups in total. The van der Waals surface area contributed by atoms with Crippen LogP contribution in [0.1, 0.15) is 26.3 Å². The molecule has 2 nitrogen and oxygen atoms in total. The number of hydrogen-bond donors (Lipinski definition) is 1. The van der Waals surface area contributed by atoms with E-state index >= 15 is 0 Å². The van der Waals surface area contributed by atoms with Gasteiger partial charge in [0.1, 0.15) is 0 Å². The topological polar surface area (TPSA) is 29.1 Å². The highest BCUT2D eigenvalue weighted by molar-refractivity contribution is 5.80. The first kappa shape index (κ1) is 13.2. The van der Waals surface area contributed by atoms with Crippen LogP contribution in [0, 0.1) is 5.92 Å². The van der Waals surface area contributed by atoms with Crippen LogP contribution in [0.25, 0.3) is 5.57 Å². The molecule has 1 rings (SSSR count). The SMILES string of the molecule is C/C=C(\C(=C/C(C)C)NC=O)c1ccccc1. The number of carbonyl (C=O) groups excluding carboxylic acids is 1. The van der Waals surface area contributed by atoms with Gasteiger partial charge in [0, 0.05) is 11.3 Å². The maximum atomic E-state index is 10.7. The first-order chi connectivity index (χ1) is 8.19. The fraction of sp³-hybridized carbons (Fsp3) is 0.267. The molecule has 90 valence electrons. The van der Waals surface area contributed by atoms with Gasteiger partial charge in [0.25, 0.3) is 0 Å². The Labute approximate surface area is 103 Å². The van der Waals surface area contributed by atoms with Gasteiger partial charge in [-0.05, 0) is 18.4 Å². The second-order valence-electron chi connectivity index (χ2n) is 4.15. The standard InChI is InChI=1S/C15H19NO/c1-4-14(13-8-6-5-7-9-13)15(16-11-17)10-12(2)3/h4-12H,1-3H3,(H,16,17)/b14-4-,15-10+. The molecule has 2 heteroatoms. The van der Waals surface area contributed by atoms with Crippen LogP contribution in [0.3, 0.4) is 0 Å². The number of allylic oxidation sites excluding steroid dienone is 3. The number of hydrogen-bond acceptors (Lipinski definition) is 1. The van der Waals surface area contributed by atoms with E-state index in [0.717, 1.165) is 23.2 Å². The summed E-state index contributed by atoms with van der Waals surface area (Å²) in [5.74, 6) is 0.385. The number of benzene rings is 1. The number of nitrogens with one attached hydrogen (secondary N) is 1. The molecule has 0 saturated heterocycles. The quantitative estimate of drug-likeness (QED) is 0.608. The third-order valence-corrected chi connectivity index (χ3v) is 2.38. The molecule has 1 aromatic rings. The van der Waals surface area contributed by atoms with Crippen molar-refractivity contribution in [2.24, 2.45) is 5.92 Å². The summed E-state index contributed by atoms with van der Waals surface area (Å²) in [4.78, 5) is 10.7. The lowest BCUT2D eigenvalue weighted by Crippen LogP contribution is -2.13. The van der Waals surface area contributed by atoms with Crippen LogP contribution in [0.4, 0.5) is 0 Å². The zero-order chi connectivity index (χ0) is 12.7. The summed E-state index contributed by atoms with van der Waals surface area (Å²) in [5.41, 5.74) is 3.02. The molecule has 0 atom stereocenters. The lowest BCUT2D eigenvalue weighted by molar-refractivity contribution is -0.108. The molecule has 0 unspecified atom stereocenters. The van der Waals surface area contributed by atoms with Crippen LogP contribution in [0.5, 0.6) is 0 Å². The molecule has 0 aliphatic carbocycles. The Morgan fingerprint density at radius 1 is 1.24 bits per heavy atom. The highest BCUT2D eigenvalue weighted by atomic mass is 16.1. The van der Waals surface area contributed by atoms with Crippen molar-refractivity contribution in [2.45, 2.75) is 20.8 Å². The molecule has 0 fully saturated rings. The van der Waals surface area contributed by atoms with Crippen molar-refractivity contribution in [2.75, 3.05) is 0 Å². The van der Waals surface area contributed by atoms with Gasteiger partial charge < -0.3 is 5.32 Å². The van der Waals surface area contributed by atoms with Crippen LogP contribution in [0.2, 0.25) is 0 Å². The maximum Gasteiger partial charge on any atom is 0.211 e. The Balaban J connectivity index is 3.12. The Hall–Kier alpha value is -1.83. The van der Waals surface area contributed by atoms with E-state index in [9.17, 15) is 4.79 Å². The molecule has 1 aromatic carbocycles. The van der Waals surface area contributed by atoms with E-state index in [1.807, 2.05) is 43.3 Å². The Bertz CT molecular complexity index is 416. The van der Waals surface area contributed by atoms with Crippen LogP contribution < -0.4 is 5.32 Å². The van der Waals surface area contributed by atoms with Gasteiger partial charge in [-0.15, -0.1) is 0 Å². The van der Waals surface area contributed by atoms with Crippen molar-refractivity contribution >= 4 is 12.0 Å². The third kappa shape index (κ3) is 3.91. The van der Waals surface area contributed by atoms with E-state index < -0.39 is 0 Å². The van der Waals surface area contributed by atoms with Crippen molar-refractivity contribution in [1.82, 2.24) is 5.32 Å². The van der Waals surface area contributed by atoms with Crippen molar-refractivity contribution in [3.8, 4) is 0 Å². The number of amides is 1. The number of rotatable bonds is 5. The average molecular weight is 229 g/mol. The van der Waals surface area contributed by atoms with Gasteiger partial charge in [-0.25, -0.2) is 0 Å². The van der Waals surface area contributed by atoms with Crippen molar-refractivity contribution in [3.05, 3.63) is 53.7 Å². The van der Waals surface area contributed by atoms with E-state index in [-0.39, 0.29) is 0 Å². The fourth-order valence-electron chi connectivity index (χ4n) is 1.71. The molecular weight excluding hydrogens is 210 g/mol. The van der Waals surface area contributed by atoms with Crippen LogP contribution in [-0.2, 0) is 4.79 Å². The summed E-state index contributed by atoms with van der Waals surface area (Å²) < 4.78 is 0. The molecule has 0 aromatic heterocycles. The van der Waals surface area contributed by atoms with Crippen molar-refractivity contribution < 1.29 is 4.79 Å². The minimum absolute atomic E-state index is 0.385. The Morgan fingerprint density at radius 2 is 1.88 bits per heavy atom. The fourth-order valence-corrected chi connectivity index (χ4v) is 1.71. The summed E-state index contributed by atoms with van der Waals surface area (Å²) in [6, 6.07) is 10.0. The predicted molar refractivity (Wildman–Crippen MR) is 72.2 cm³/mol. The van der Waals surface area contributed by atoms with Gasteiger partial charge in [0.15, 0.2) is 0 Å². The molecule has 0 radical (unpaired) electrons. The Kier molecular flexibility index (Phi) is 5.21. The van der Waals surface area contributed by atoms with Crippen LogP contribution in [-0.4, -0.2) is 6.41 Å². The van der Waals surface area contributed by atoms with Gasteiger partial charge in [-0.1, -0.05) is 56.3 Å². The highest BCUT2D eigenvalue weighted by Gasteiger charge is 2.06. The zero-order valence-electron chi connectivity index (χ0n) is 10.6. The Morgan fingerprint density at radius 3 is 2.35 bits per heavy atom. The molecule has 0 bridgehead atoms. The predicted octanol–water partition coefficient (Wildman–Crippen LogP) is 3.38. The maximum absolute atomic E-state index is 10.7. The minimum atomic E-state index is 0.385. The second-order valence-corrected chi connectivity index (χ2v) is 4.15. The van der Waals surface area contributed by atoms with Gasteiger partial charge in [0.05, 0.1) is 0 Å². The smallest absolute Gasteiger partial charge is 0.211 e. The molecule has 17 heavy (non-hydrogen) atoms. The normalized spacial score (nSPS) is 12.7. The average Bonchev–Trinajstić information content (AvgIpc) is 2.31. The van der Waals surface area contributed by atoms with Crippen LogP contribution >= 0.6 is 0 Å². The molecule has 0 heterocycles. The summed E-state index contributed by atoms with van der Waals surface area (Å²) in [6.45, 7) is 6.15. The molecule has 0 spiro atoms. The van der Waals surface area contributed by atoms with Gasteiger partial charge in [-0.3, -0.25) is 4.79 Å². The van der Waals surface area contributed by atoms with Crippen molar-refractivity contribution in [1.29, 1.82) is 0 Å². The van der Waals surface area contributed by atoms with Gasteiger partial charge in [-0.2, -0.15) is 0 Å². The zero-order valence-corrected chi connectivity index (χ0v) is 10.6. The van der Waals surface area contributed by atoms with Crippen LogP contribution in [0.15, 0.2) is 48.2 Å². The summed E-state index contributed by atoms with van der Waals surface area (Å²) in [7, 11) is 0. The highest BCUT2D eigenvalue weighted by Crippen LogP contribution is 2.21. The lowest BCUT2D eigenvalue weighted by Gasteiger charge is -2.12. The summed E-state index contributed by atoms with van der Waals surface area (Å²) in [6.07, 6.45) is 4.79. The summed E-state index contributed by atoms with van der Waals surface area (Å²) >= 11 is 0. The largest absolute Gasteiger partial charge is 0.328 e. The van der Waals surface area contributed by atoms with E-state index in [4.69, 9.17) is 0 Å². The van der Waals surface area contributed by atoms with Gasteiger partial charge in [0.2, 0.25) is 6.41 Å². The monoisotopic (exact) mass is 229 g/mol. The van der Waals surface area contributed by atoms with Gasteiger partial charge >= 0.3 is 0 Å². The van der Waals surface area contributed by atoms with E-state index in [1.165, 1.54) is 0 Å². The molecular formula is C15H19NO. The summed E-state index contributed by atoms with van der Waals surface area (Å²) in [5, 5.41) is 2.78. The first-order valence-corrected chi connectivity index (χ1v) is 5.83. The van der Waals surface area contributed by atoms with Crippen molar-refractivity contribution in [3.63, 3.8) is 0 Å². The lowest BCUT2D eigenvalue weighted by atomic mass is 10.00. The molecule has 0 saturated carbocycles. The second kappa shape index (κ2) is 6.69. The minimum Gasteiger partial charge on any atom is -0.328 e. The first-order valence-electron chi connectivity index (χ1n) is 5.83. The van der Waals surface area contributed by atoms with E-state index in [0.29, 0.717) is 5.92 Å². The van der Waals surface area contributed by atoms with E-state index in [2.05, 4.69) is 25.2 Å². The van der Waals surface area contributed by atoms with E-state index in [1.54, 1.807) is 0 Å². The molecule has 1 amide bonds. The molecule has 0 aliphatic rings.